The molecule has 4 heterocycles. The fourth-order valence-corrected chi connectivity index (χ4v) is 4.42. The van der Waals surface area contributed by atoms with Gasteiger partial charge in [-0.15, -0.1) is 10.2 Å². The van der Waals surface area contributed by atoms with Crippen LogP contribution in [0.5, 0.6) is 5.75 Å². The van der Waals surface area contributed by atoms with Crippen molar-refractivity contribution in [2.45, 2.75) is 32.4 Å². The van der Waals surface area contributed by atoms with E-state index in [1.165, 1.54) is 33.0 Å². The number of hydrogen-bond donors (Lipinski definition) is 1. The van der Waals surface area contributed by atoms with Gasteiger partial charge >= 0.3 is 0 Å². The van der Waals surface area contributed by atoms with E-state index in [1.54, 1.807) is 41.7 Å². The van der Waals surface area contributed by atoms with Crippen molar-refractivity contribution < 1.29 is 22.7 Å². The van der Waals surface area contributed by atoms with E-state index < -0.39 is 20.7 Å². The van der Waals surface area contributed by atoms with Crippen molar-refractivity contribution in [1.29, 1.82) is 0 Å². The van der Waals surface area contributed by atoms with Gasteiger partial charge in [-0.25, -0.2) is 13.1 Å². The van der Waals surface area contributed by atoms with Crippen molar-refractivity contribution >= 4 is 27.7 Å². The predicted molar refractivity (Wildman–Crippen MR) is 152 cm³/mol. The molecular weight excluding hydrogens is 546 g/mol. The van der Waals surface area contributed by atoms with Crippen molar-refractivity contribution in [2.75, 3.05) is 37.7 Å². The summed E-state index contributed by atoms with van der Waals surface area (Å²) < 4.78 is 30.8. The zero-order valence-corrected chi connectivity index (χ0v) is 24.1. The minimum Gasteiger partial charge on any atom is -0.492 e. The molecule has 0 aromatic carbocycles. The van der Waals surface area contributed by atoms with Crippen molar-refractivity contribution in [3.8, 4) is 17.6 Å². The van der Waals surface area contributed by atoms with Gasteiger partial charge in [0.05, 0.1) is 23.1 Å². The molecule has 0 unspecified atom stereocenters. The number of amides is 2. The lowest BCUT2D eigenvalue weighted by atomic mass is 10.1. The van der Waals surface area contributed by atoms with E-state index in [0.29, 0.717) is 61.0 Å². The second-order valence-corrected chi connectivity index (χ2v) is 12.6. The number of ether oxygens (including phenoxy) is 1. The molecule has 1 aliphatic rings. The number of nitrogens with zero attached hydrogens (tertiary/aromatic N) is 6. The molecule has 0 aliphatic carbocycles. The minimum absolute atomic E-state index is 0.107. The molecule has 41 heavy (non-hydrogen) atoms. The molecule has 4 rings (SSSR count). The maximum Gasteiger partial charge on any atom is 0.285 e. The van der Waals surface area contributed by atoms with Crippen LogP contribution in [0.25, 0.3) is 0 Å². The van der Waals surface area contributed by atoms with Crippen LogP contribution in [0.2, 0.25) is 0 Å². The quantitative estimate of drug-likeness (QED) is 0.431. The molecule has 214 valence electrons. The molecule has 1 aliphatic heterocycles. The average Bonchev–Trinajstić information content (AvgIpc) is 2.96. The molecule has 12 nitrogen and oxygen atoms in total. The van der Waals surface area contributed by atoms with Crippen LogP contribution in [0.1, 0.15) is 59.7 Å². The van der Waals surface area contributed by atoms with Gasteiger partial charge in [0.15, 0.2) is 11.5 Å². The van der Waals surface area contributed by atoms with Crippen molar-refractivity contribution in [2.24, 2.45) is 0 Å². The smallest absolute Gasteiger partial charge is 0.285 e. The van der Waals surface area contributed by atoms with Gasteiger partial charge in [0.25, 0.3) is 11.8 Å². The van der Waals surface area contributed by atoms with E-state index in [1.807, 2.05) is 16.5 Å². The summed E-state index contributed by atoms with van der Waals surface area (Å²) in [5.74, 6) is 6.22. The normalized spacial score (nSPS) is 13.7. The number of sulfonamides is 1. The number of pyridine rings is 2. The van der Waals surface area contributed by atoms with Gasteiger partial charge in [-0.2, -0.15) is 0 Å². The van der Waals surface area contributed by atoms with Gasteiger partial charge in [0.2, 0.25) is 10.0 Å². The molecule has 3 aromatic rings. The zero-order chi connectivity index (χ0) is 29.6. The van der Waals surface area contributed by atoms with Crippen LogP contribution >= 0.6 is 0 Å². The first-order valence-electron chi connectivity index (χ1n) is 13.0. The fourth-order valence-electron chi connectivity index (χ4n) is 3.77. The lowest BCUT2D eigenvalue weighted by Gasteiger charge is -2.35. The number of carbonyl (C=O) groups is 2. The molecule has 3 aromatic heterocycles. The van der Waals surface area contributed by atoms with Crippen LogP contribution in [0.4, 0.5) is 5.82 Å². The van der Waals surface area contributed by atoms with E-state index in [2.05, 4.69) is 32.0 Å². The van der Waals surface area contributed by atoms with E-state index >= 15 is 0 Å². The van der Waals surface area contributed by atoms with Gasteiger partial charge in [0, 0.05) is 55.9 Å². The van der Waals surface area contributed by atoms with Crippen LogP contribution in [0, 0.1) is 11.8 Å². The molecule has 0 radical (unpaired) electrons. The number of nitrogens with one attached hydrogen (secondary N) is 1. The lowest BCUT2D eigenvalue weighted by Crippen LogP contribution is -2.49. The fraction of sp³-hybridized carbons (Fsp3) is 0.357. The first-order valence-corrected chi connectivity index (χ1v) is 14.4. The van der Waals surface area contributed by atoms with Gasteiger partial charge in [-0.3, -0.25) is 19.6 Å². The van der Waals surface area contributed by atoms with Crippen LogP contribution in [0.15, 0.2) is 49.1 Å². The molecule has 0 saturated carbocycles. The molecule has 0 bridgehead atoms. The molecule has 1 saturated heterocycles. The predicted octanol–water partition coefficient (Wildman–Crippen LogP) is 1.89. The average molecular weight is 578 g/mol. The van der Waals surface area contributed by atoms with E-state index in [4.69, 9.17) is 4.74 Å². The summed E-state index contributed by atoms with van der Waals surface area (Å²) in [7, 11) is -3.87. The highest BCUT2D eigenvalue weighted by Gasteiger charge is 2.31. The van der Waals surface area contributed by atoms with Gasteiger partial charge in [-0.05, 0) is 52.0 Å². The minimum atomic E-state index is -3.87. The SMILES string of the molecule is CCOc1cncc(C#Cc2cncc(C(=O)N3CCN(c4ccc(C(=O)NS(=O)(=O)C(C)(C)C)nn4)CC3)c2)c1. The first-order chi connectivity index (χ1) is 19.5. The third-order valence-electron chi connectivity index (χ3n) is 6.17. The standard InChI is InChI=1S/C28H31N7O5S/c1-5-40-23-15-21(17-30-19-23)7-6-20-14-22(18-29-16-20)27(37)35-12-10-34(11-13-35)25-9-8-24(31-32-25)26(36)33-41(38,39)28(2,3)4/h8-9,14-19H,5,10-13H2,1-4H3,(H,33,36). The highest BCUT2D eigenvalue weighted by molar-refractivity contribution is 7.91. The summed E-state index contributed by atoms with van der Waals surface area (Å²) in [5.41, 5.74) is 1.62. The summed E-state index contributed by atoms with van der Waals surface area (Å²) in [5, 5.41) is 8.00. The molecule has 13 heteroatoms. The Morgan fingerprint density at radius 2 is 1.61 bits per heavy atom. The Bertz CT molecular complexity index is 1580. The largest absolute Gasteiger partial charge is 0.492 e. The van der Waals surface area contributed by atoms with Crippen LogP contribution in [-0.4, -0.2) is 82.8 Å². The summed E-state index contributed by atoms with van der Waals surface area (Å²) >= 11 is 0. The van der Waals surface area contributed by atoms with E-state index in [9.17, 15) is 18.0 Å². The van der Waals surface area contributed by atoms with Crippen LogP contribution in [-0.2, 0) is 10.0 Å². The Balaban J connectivity index is 1.35. The number of carbonyl (C=O) groups excluding carboxylic acids is 2. The summed E-state index contributed by atoms with van der Waals surface area (Å²) in [6, 6.07) is 6.54. The molecular formula is C28H31N7O5S. The van der Waals surface area contributed by atoms with E-state index in [-0.39, 0.29) is 11.6 Å². The number of hydrogen-bond acceptors (Lipinski definition) is 10. The Kier molecular flexibility index (Phi) is 8.83. The third kappa shape index (κ3) is 7.34. The number of piperazine rings is 1. The lowest BCUT2D eigenvalue weighted by molar-refractivity contribution is 0.0745. The third-order valence-corrected chi connectivity index (χ3v) is 8.23. The molecule has 1 N–H and O–H groups in total. The summed E-state index contributed by atoms with van der Waals surface area (Å²) in [6.07, 6.45) is 6.38. The Labute approximate surface area is 239 Å². The summed E-state index contributed by atoms with van der Waals surface area (Å²) in [4.78, 5) is 37.5. The molecule has 0 spiro atoms. The Morgan fingerprint density at radius 1 is 0.951 bits per heavy atom. The van der Waals surface area contributed by atoms with E-state index in [0.717, 1.165) is 0 Å². The number of anilines is 1. The second-order valence-electron chi connectivity index (χ2n) is 10.2. The Hall–Kier alpha value is -4.57. The number of aromatic nitrogens is 4. The van der Waals surface area contributed by atoms with Crippen LogP contribution in [0.3, 0.4) is 0 Å². The number of rotatable bonds is 6. The Morgan fingerprint density at radius 3 is 2.22 bits per heavy atom. The molecule has 1 fully saturated rings. The topological polar surface area (TPSA) is 148 Å². The van der Waals surface area contributed by atoms with Gasteiger partial charge in [0.1, 0.15) is 5.75 Å². The monoisotopic (exact) mass is 577 g/mol. The van der Waals surface area contributed by atoms with Crippen molar-refractivity contribution in [3.63, 3.8) is 0 Å². The maximum atomic E-state index is 13.2. The second kappa shape index (κ2) is 12.3. The summed E-state index contributed by atoms with van der Waals surface area (Å²) in [6.45, 7) is 8.79. The first kappa shape index (κ1) is 29.4. The highest BCUT2D eigenvalue weighted by atomic mass is 32.2. The highest BCUT2D eigenvalue weighted by Crippen LogP contribution is 2.17. The van der Waals surface area contributed by atoms with Crippen molar-refractivity contribution in [1.82, 2.24) is 29.8 Å². The molecule has 2 amide bonds. The van der Waals surface area contributed by atoms with Gasteiger partial charge < -0.3 is 14.5 Å². The maximum absolute atomic E-state index is 13.2. The molecule has 0 atom stereocenters. The van der Waals surface area contributed by atoms with Gasteiger partial charge in [-0.1, -0.05) is 11.8 Å². The van der Waals surface area contributed by atoms with Crippen LogP contribution < -0.4 is 14.4 Å². The zero-order valence-electron chi connectivity index (χ0n) is 23.3. The van der Waals surface area contributed by atoms with Crippen molar-refractivity contribution in [3.05, 3.63) is 71.4 Å².